The summed E-state index contributed by atoms with van der Waals surface area (Å²) in [6.45, 7) is 0. The quantitative estimate of drug-likeness (QED) is 0.683. The van der Waals surface area contributed by atoms with Gasteiger partial charge in [-0.25, -0.2) is 23.2 Å². The predicted octanol–water partition coefficient (Wildman–Crippen LogP) is -0.397. The minimum absolute atomic E-state index is 0.0950. The van der Waals surface area contributed by atoms with Crippen molar-refractivity contribution in [2.75, 3.05) is 0 Å². The van der Waals surface area contributed by atoms with Crippen LogP contribution in [0.3, 0.4) is 0 Å². The predicted molar refractivity (Wildman–Crippen MR) is 45.3 cm³/mol. The Bertz CT molecular complexity index is 508. The molecule has 6 nitrogen and oxygen atoms in total. The number of nitrogens with zero attached hydrogens (tertiary/aromatic N) is 2. The average molecular weight is 214 g/mol. The molecule has 2 heterocycles. The summed E-state index contributed by atoms with van der Waals surface area (Å²) in [5.74, 6) is -1.90. The summed E-state index contributed by atoms with van der Waals surface area (Å²) in [4.78, 5) is 17.7. The molecule has 0 atom stereocenters. The summed E-state index contributed by atoms with van der Waals surface area (Å²) in [7, 11) is -3.14. The normalized spacial score (nSPS) is 17.7. The van der Waals surface area contributed by atoms with Crippen molar-refractivity contribution in [1.29, 1.82) is 0 Å². The molecule has 0 bridgehead atoms. The molecule has 0 spiro atoms. The fraction of sp³-hybridized carbons (Fsp3) is 0.286. The van der Waals surface area contributed by atoms with E-state index < -0.39 is 15.8 Å². The van der Waals surface area contributed by atoms with Crippen molar-refractivity contribution < 1.29 is 18.3 Å². The highest BCUT2D eigenvalue weighted by Crippen LogP contribution is 2.22. The van der Waals surface area contributed by atoms with Crippen LogP contribution in [0.2, 0.25) is 0 Å². The minimum Gasteiger partial charge on any atom is -0.475 e. The zero-order chi connectivity index (χ0) is 10.3. The average Bonchev–Trinajstić information content (AvgIpc) is 2.36. The van der Waals surface area contributed by atoms with Gasteiger partial charge in [0, 0.05) is 11.8 Å². The monoisotopic (exact) mass is 214 g/mol. The number of carbonyl (C=O) groups is 1. The largest absolute Gasteiger partial charge is 0.475 e. The van der Waals surface area contributed by atoms with E-state index in [0.29, 0.717) is 11.3 Å². The molecule has 14 heavy (non-hydrogen) atoms. The smallest absolute Gasteiger partial charge is 0.373 e. The van der Waals surface area contributed by atoms with Gasteiger partial charge >= 0.3 is 5.97 Å². The van der Waals surface area contributed by atoms with Crippen LogP contribution in [-0.2, 0) is 21.3 Å². The summed E-state index contributed by atoms with van der Waals surface area (Å²) in [5, 5.41) is 8.57. The van der Waals surface area contributed by atoms with Gasteiger partial charge in [-0.1, -0.05) is 0 Å². The molecule has 0 radical (unpaired) electrons. The molecule has 74 valence electrons. The van der Waals surface area contributed by atoms with Crippen LogP contribution in [0.5, 0.6) is 0 Å². The fourth-order valence-corrected chi connectivity index (χ4v) is 2.77. The van der Waals surface area contributed by atoms with Gasteiger partial charge in [-0.15, -0.1) is 0 Å². The minimum atomic E-state index is -3.14. The summed E-state index contributed by atoms with van der Waals surface area (Å²) < 4.78 is 22.3. The number of aromatic carboxylic acids is 1. The molecular weight excluding hydrogens is 208 g/mol. The fourth-order valence-electron chi connectivity index (χ4n) is 1.29. The first-order valence-corrected chi connectivity index (χ1v) is 5.58. The highest BCUT2D eigenvalue weighted by atomic mass is 32.2. The molecule has 0 saturated carbocycles. The molecule has 0 fully saturated rings. The number of sulfone groups is 1. The second-order valence-corrected chi connectivity index (χ2v) is 5.07. The Balaban J connectivity index is 2.50. The van der Waals surface area contributed by atoms with Gasteiger partial charge in [0.1, 0.15) is 0 Å². The van der Waals surface area contributed by atoms with Crippen LogP contribution in [-0.4, -0.2) is 29.5 Å². The Kier molecular flexibility index (Phi) is 1.78. The summed E-state index contributed by atoms with van der Waals surface area (Å²) in [6, 6.07) is 0. The van der Waals surface area contributed by atoms with Crippen LogP contribution in [0.15, 0.2) is 6.20 Å². The first-order chi connectivity index (χ1) is 6.48. The molecule has 0 saturated heterocycles. The first kappa shape index (κ1) is 9.07. The molecular formula is C7H6N2O4S. The Morgan fingerprint density at radius 3 is 2.79 bits per heavy atom. The summed E-state index contributed by atoms with van der Waals surface area (Å²) in [6.07, 6.45) is 1.26. The Morgan fingerprint density at radius 2 is 2.14 bits per heavy atom. The van der Waals surface area contributed by atoms with E-state index >= 15 is 0 Å². The van der Waals surface area contributed by atoms with Crippen molar-refractivity contribution in [3.63, 3.8) is 0 Å². The molecule has 0 aromatic carbocycles. The molecule has 2 rings (SSSR count). The molecule has 1 aromatic rings. The van der Waals surface area contributed by atoms with Crippen molar-refractivity contribution in [3.8, 4) is 0 Å². The number of carboxylic acid groups (broad SMARTS) is 1. The van der Waals surface area contributed by atoms with Gasteiger partial charge in [-0.3, -0.25) is 0 Å². The topological polar surface area (TPSA) is 97.2 Å². The van der Waals surface area contributed by atoms with Crippen molar-refractivity contribution >= 4 is 15.8 Å². The third-order valence-electron chi connectivity index (χ3n) is 1.88. The van der Waals surface area contributed by atoms with Gasteiger partial charge in [0.05, 0.1) is 17.2 Å². The summed E-state index contributed by atoms with van der Waals surface area (Å²) in [5.41, 5.74) is 0.799. The number of aromatic nitrogens is 2. The van der Waals surface area contributed by atoms with Crippen LogP contribution in [0.1, 0.15) is 21.9 Å². The van der Waals surface area contributed by atoms with Gasteiger partial charge in [0.2, 0.25) is 5.82 Å². The molecule has 1 aromatic heterocycles. The lowest BCUT2D eigenvalue weighted by Crippen LogP contribution is -2.06. The molecule has 1 aliphatic heterocycles. The molecule has 0 aliphatic carbocycles. The van der Waals surface area contributed by atoms with E-state index in [0.717, 1.165) is 0 Å². The number of fused-ring (bicyclic) bond motifs is 1. The summed E-state index contributed by atoms with van der Waals surface area (Å²) >= 11 is 0. The van der Waals surface area contributed by atoms with E-state index in [1.54, 1.807) is 0 Å². The van der Waals surface area contributed by atoms with Gasteiger partial charge in [-0.05, 0) is 0 Å². The van der Waals surface area contributed by atoms with Crippen LogP contribution in [0.25, 0.3) is 0 Å². The Hall–Kier alpha value is -1.50. The maximum Gasteiger partial charge on any atom is 0.373 e. The van der Waals surface area contributed by atoms with E-state index in [-0.39, 0.29) is 17.3 Å². The number of hydrogen-bond donors (Lipinski definition) is 1. The van der Waals surface area contributed by atoms with E-state index in [2.05, 4.69) is 9.97 Å². The van der Waals surface area contributed by atoms with Gasteiger partial charge < -0.3 is 5.11 Å². The van der Waals surface area contributed by atoms with Crippen LogP contribution >= 0.6 is 0 Å². The van der Waals surface area contributed by atoms with Crippen LogP contribution in [0.4, 0.5) is 0 Å². The van der Waals surface area contributed by atoms with Gasteiger partial charge in [0.25, 0.3) is 0 Å². The Labute approximate surface area is 79.5 Å². The van der Waals surface area contributed by atoms with Crippen molar-refractivity contribution in [2.45, 2.75) is 11.5 Å². The number of hydrogen-bond acceptors (Lipinski definition) is 5. The molecule has 7 heteroatoms. The number of carboxylic acids is 1. The molecule has 0 amide bonds. The second kappa shape index (κ2) is 2.74. The van der Waals surface area contributed by atoms with Gasteiger partial charge in [0.15, 0.2) is 9.84 Å². The van der Waals surface area contributed by atoms with Gasteiger partial charge in [-0.2, -0.15) is 0 Å². The standard InChI is InChI=1S/C7H6N2O4S/c10-7(11)6-8-1-4-2-14(12,13)3-5(4)9-6/h1H,2-3H2,(H,10,11). The van der Waals surface area contributed by atoms with E-state index in [1.807, 2.05) is 0 Å². The van der Waals surface area contributed by atoms with Crippen molar-refractivity contribution in [1.82, 2.24) is 9.97 Å². The lowest BCUT2D eigenvalue weighted by Gasteiger charge is -1.95. The van der Waals surface area contributed by atoms with Crippen LogP contribution < -0.4 is 0 Å². The van der Waals surface area contributed by atoms with E-state index in [4.69, 9.17) is 5.11 Å². The maximum absolute atomic E-state index is 11.2. The van der Waals surface area contributed by atoms with Crippen molar-refractivity contribution in [3.05, 3.63) is 23.3 Å². The molecule has 0 unspecified atom stereocenters. The zero-order valence-electron chi connectivity index (χ0n) is 6.97. The number of rotatable bonds is 1. The second-order valence-electron chi connectivity index (χ2n) is 3.00. The van der Waals surface area contributed by atoms with E-state index in [1.165, 1.54) is 6.20 Å². The molecule has 1 N–H and O–H groups in total. The maximum atomic E-state index is 11.2. The SMILES string of the molecule is O=C(O)c1ncc2c(n1)CS(=O)(=O)C2. The third kappa shape index (κ3) is 1.46. The first-order valence-electron chi connectivity index (χ1n) is 3.76. The van der Waals surface area contributed by atoms with Crippen LogP contribution in [0, 0.1) is 0 Å². The lowest BCUT2D eigenvalue weighted by atomic mass is 10.3. The zero-order valence-corrected chi connectivity index (χ0v) is 7.78. The van der Waals surface area contributed by atoms with Crippen molar-refractivity contribution in [2.24, 2.45) is 0 Å². The van der Waals surface area contributed by atoms with E-state index in [9.17, 15) is 13.2 Å². The Morgan fingerprint density at radius 1 is 1.43 bits per heavy atom. The highest BCUT2D eigenvalue weighted by molar-refractivity contribution is 7.90. The lowest BCUT2D eigenvalue weighted by molar-refractivity contribution is 0.0683. The molecule has 1 aliphatic rings. The third-order valence-corrected chi connectivity index (χ3v) is 3.34. The highest BCUT2D eigenvalue weighted by Gasteiger charge is 2.27.